The highest BCUT2D eigenvalue weighted by atomic mass is 32.2. The topological polar surface area (TPSA) is 92.8 Å². The molecule has 3 aromatic rings. The highest BCUT2D eigenvalue weighted by Crippen LogP contribution is 2.27. The van der Waals surface area contributed by atoms with Crippen LogP contribution in [0.15, 0.2) is 66.7 Å². The van der Waals surface area contributed by atoms with Crippen molar-refractivity contribution in [1.29, 1.82) is 0 Å². The fourth-order valence-electron chi connectivity index (χ4n) is 3.16. The zero-order chi connectivity index (χ0) is 21.7. The Kier molecular flexibility index (Phi) is 6.37. The normalized spacial score (nSPS) is 11.1. The molecule has 3 rings (SSSR count). The Labute approximate surface area is 175 Å². The fraction of sp³-hybridized carbons (Fsp3) is 0.182. The predicted octanol–water partition coefficient (Wildman–Crippen LogP) is 3.42. The number of hydrogen-bond acceptors (Lipinski definition) is 5. The molecule has 0 aliphatic rings. The number of anilines is 2. The van der Waals surface area contributed by atoms with Crippen LogP contribution < -0.4 is 9.62 Å². The van der Waals surface area contributed by atoms with Crippen LogP contribution in [0.1, 0.15) is 17.3 Å². The number of carbonyl (C=O) groups is 2. The van der Waals surface area contributed by atoms with Crippen molar-refractivity contribution in [2.75, 3.05) is 29.0 Å². The summed E-state index contributed by atoms with van der Waals surface area (Å²) in [4.78, 5) is 26.8. The first kappa shape index (κ1) is 21.3. The van der Waals surface area contributed by atoms with E-state index in [-0.39, 0.29) is 17.2 Å². The molecule has 0 bridgehead atoms. The number of fused-ring (bicyclic) bond motifs is 1. The molecule has 0 aliphatic carbocycles. The van der Waals surface area contributed by atoms with Gasteiger partial charge in [-0.05, 0) is 30.5 Å². The van der Waals surface area contributed by atoms with Gasteiger partial charge in [-0.3, -0.25) is 9.52 Å². The van der Waals surface area contributed by atoms with E-state index in [1.165, 1.54) is 12.1 Å². The zero-order valence-corrected chi connectivity index (χ0v) is 17.5. The van der Waals surface area contributed by atoms with E-state index in [4.69, 9.17) is 4.74 Å². The zero-order valence-electron chi connectivity index (χ0n) is 16.7. The maximum Gasteiger partial charge on any atom is 0.340 e. The Morgan fingerprint density at radius 3 is 2.37 bits per heavy atom. The molecule has 0 heterocycles. The lowest BCUT2D eigenvalue weighted by molar-refractivity contribution is -0.121. The average molecular weight is 426 g/mol. The van der Waals surface area contributed by atoms with Gasteiger partial charge in [-0.15, -0.1) is 0 Å². The number of amides is 1. The quantitative estimate of drug-likeness (QED) is 0.585. The van der Waals surface area contributed by atoms with Gasteiger partial charge in [0.2, 0.25) is 10.0 Å². The van der Waals surface area contributed by atoms with Gasteiger partial charge in [0.1, 0.15) is 0 Å². The number of hydrogen-bond donors (Lipinski definition) is 1. The van der Waals surface area contributed by atoms with Crippen molar-refractivity contribution in [2.45, 2.75) is 6.92 Å². The van der Waals surface area contributed by atoms with Crippen molar-refractivity contribution in [1.82, 2.24) is 0 Å². The van der Waals surface area contributed by atoms with E-state index in [9.17, 15) is 18.0 Å². The van der Waals surface area contributed by atoms with Gasteiger partial charge in [0.05, 0.1) is 23.2 Å². The second kappa shape index (κ2) is 8.96. The number of nitrogens with zero attached hydrogens (tertiary/aromatic N) is 1. The number of sulfonamides is 1. The van der Waals surface area contributed by atoms with Crippen molar-refractivity contribution >= 4 is 44.0 Å². The number of likely N-dealkylation sites (N-methyl/N-ethyl adjacent to an activating group) is 1. The van der Waals surface area contributed by atoms with Gasteiger partial charge in [-0.25, -0.2) is 13.2 Å². The van der Waals surface area contributed by atoms with E-state index < -0.39 is 22.6 Å². The summed E-state index contributed by atoms with van der Waals surface area (Å²) in [5, 5.41) is 1.92. The lowest BCUT2D eigenvalue weighted by Crippen LogP contribution is -2.34. The third-order valence-electron chi connectivity index (χ3n) is 4.44. The average Bonchev–Trinajstić information content (AvgIpc) is 2.72. The Morgan fingerprint density at radius 1 is 0.967 bits per heavy atom. The molecular weight excluding hydrogens is 404 g/mol. The fourth-order valence-corrected chi connectivity index (χ4v) is 3.74. The van der Waals surface area contributed by atoms with Gasteiger partial charge in [0.15, 0.2) is 6.61 Å². The third kappa shape index (κ3) is 4.96. The lowest BCUT2D eigenvalue weighted by Gasteiger charge is -2.22. The summed E-state index contributed by atoms with van der Waals surface area (Å²) >= 11 is 0. The van der Waals surface area contributed by atoms with E-state index in [0.717, 1.165) is 22.7 Å². The van der Waals surface area contributed by atoms with E-state index in [0.29, 0.717) is 6.54 Å². The minimum absolute atomic E-state index is 0.0314. The van der Waals surface area contributed by atoms with Crippen molar-refractivity contribution in [3.05, 3.63) is 72.3 Å². The van der Waals surface area contributed by atoms with E-state index in [1.54, 1.807) is 17.0 Å². The molecule has 156 valence electrons. The van der Waals surface area contributed by atoms with Crippen molar-refractivity contribution in [2.24, 2.45) is 0 Å². The number of carbonyl (C=O) groups excluding carboxylic acids is 2. The SMILES string of the molecule is CCN(C(=O)COC(=O)c1ccccc1NS(C)(=O)=O)c1cccc2ccccc12. The molecule has 0 radical (unpaired) electrons. The van der Waals surface area contributed by atoms with Crippen LogP contribution in [0.2, 0.25) is 0 Å². The number of esters is 1. The van der Waals surface area contributed by atoms with Crippen LogP contribution in [-0.2, 0) is 19.6 Å². The maximum atomic E-state index is 12.8. The minimum atomic E-state index is -3.57. The molecule has 0 aliphatic heterocycles. The first-order chi connectivity index (χ1) is 14.3. The van der Waals surface area contributed by atoms with Gasteiger partial charge in [-0.2, -0.15) is 0 Å². The van der Waals surface area contributed by atoms with Crippen LogP contribution in [-0.4, -0.2) is 39.7 Å². The molecule has 0 aromatic heterocycles. The van der Waals surface area contributed by atoms with Crippen LogP contribution in [0.3, 0.4) is 0 Å². The summed E-state index contributed by atoms with van der Waals surface area (Å²) in [7, 11) is -3.57. The standard InChI is InChI=1S/C22H22N2O5S/c1-3-24(20-14-8-10-16-9-4-5-11-17(16)20)21(25)15-29-22(26)18-12-6-7-13-19(18)23-30(2,27)28/h4-14,23H,3,15H2,1-2H3. The van der Waals surface area contributed by atoms with E-state index in [2.05, 4.69) is 4.72 Å². The molecule has 0 fully saturated rings. The molecule has 1 amide bonds. The first-order valence-corrected chi connectivity index (χ1v) is 11.2. The second-order valence-corrected chi connectivity index (χ2v) is 8.38. The Morgan fingerprint density at radius 2 is 1.63 bits per heavy atom. The summed E-state index contributed by atoms with van der Waals surface area (Å²) in [6.45, 7) is 1.77. The highest BCUT2D eigenvalue weighted by molar-refractivity contribution is 7.92. The Hall–Kier alpha value is -3.39. The van der Waals surface area contributed by atoms with Crippen molar-refractivity contribution < 1.29 is 22.7 Å². The van der Waals surface area contributed by atoms with Crippen molar-refractivity contribution in [3.63, 3.8) is 0 Å². The second-order valence-electron chi connectivity index (χ2n) is 6.63. The lowest BCUT2D eigenvalue weighted by atomic mass is 10.1. The van der Waals surface area contributed by atoms with Gasteiger partial charge < -0.3 is 9.64 Å². The van der Waals surface area contributed by atoms with Gasteiger partial charge in [0, 0.05) is 11.9 Å². The molecule has 30 heavy (non-hydrogen) atoms. The summed E-state index contributed by atoms with van der Waals surface area (Å²) in [6.07, 6.45) is 0.988. The van der Waals surface area contributed by atoms with Gasteiger partial charge >= 0.3 is 5.97 Å². The summed E-state index contributed by atoms with van der Waals surface area (Å²) < 4.78 is 30.5. The third-order valence-corrected chi connectivity index (χ3v) is 5.03. The van der Waals surface area contributed by atoms with Crippen LogP contribution in [0, 0.1) is 0 Å². The molecule has 8 heteroatoms. The smallest absolute Gasteiger partial charge is 0.340 e. The van der Waals surface area contributed by atoms with Crippen LogP contribution in [0.5, 0.6) is 0 Å². The van der Waals surface area contributed by atoms with E-state index >= 15 is 0 Å². The number of para-hydroxylation sites is 1. The summed E-state index contributed by atoms with van der Waals surface area (Å²) in [5.74, 6) is -1.17. The molecule has 0 saturated heterocycles. The molecule has 7 nitrogen and oxygen atoms in total. The molecule has 0 unspecified atom stereocenters. The molecule has 0 saturated carbocycles. The summed E-state index contributed by atoms with van der Waals surface area (Å²) in [6, 6.07) is 19.4. The number of benzene rings is 3. The predicted molar refractivity (Wildman–Crippen MR) is 117 cm³/mol. The molecule has 3 aromatic carbocycles. The Balaban J connectivity index is 1.77. The number of ether oxygens (including phenoxy) is 1. The van der Waals surface area contributed by atoms with Crippen molar-refractivity contribution in [3.8, 4) is 0 Å². The maximum absolute atomic E-state index is 12.8. The molecule has 1 N–H and O–H groups in total. The first-order valence-electron chi connectivity index (χ1n) is 9.32. The monoisotopic (exact) mass is 426 g/mol. The van der Waals surface area contributed by atoms with Crippen LogP contribution in [0.4, 0.5) is 11.4 Å². The number of rotatable bonds is 7. The summed E-state index contributed by atoms with van der Waals surface area (Å²) in [5.41, 5.74) is 0.860. The van der Waals surface area contributed by atoms with Crippen LogP contribution >= 0.6 is 0 Å². The van der Waals surface area contributed by atoms with Gasteiger partial charge in [0.25, 0.3) is 5.91 Å². The van der Waals surface area contributed by atoms with Gasteiger partial charge in [-0.1, -0.05) is 48.5 Å². The van der Waals surface area contributed by atoms with E-state index in [1.807, 2.05) is 49.4 Å². The van der Waals surface area contributed by atoms with Crippen LogP contribution in [0.25, 0.3) is 10.8 Å². The highest BCUT2D eigenvalue weighted by Gasteiger charge is 2.20. The largest absolute Gasteiger partial charge is 0.452 e. The molecule has 0 spiro atoms. The number of nitrogens with one attached hydrogen (secondary N) is 1. The minimum Gasteiger partial charge on any atom is -0.452 e. The molecular formula is C22H22N2O5S. The molecule has 0 atom stereocenters. The Bertz CT molecular complexity index is 1190.